The second kappa shape index (κ2) is 8.66. The molecule has 8 heteroatoms. The number of nitrogens with one attached hydrogen (secondary N) is 2. The molecule has 2 N–H and O–H groups in total. The Morgan fingerprint density at radius 2 is 1.87 bits per heavy atom. The van der Waals surface area contributed by atoms with E-state index in [-0.39, 0.29) is 0 Å². The van der Waals surface area contributed by atoms with Gasteiger partial charge in [-0.25, -0.2) is 10.1 Å². The molecule has 0 atom stereocenters. The van der Waals surface area contributed by atoms with E-state index in [1.54, 1.807) is 19.4 Å². The van der Waals surface area contributed by atoms with Gasteiger partial charge < -0.3 is 4.74 Å². The number of para-hydroxylation sites is 2. The van der Waals surface area contributed by atoms with Crippen LogP contribution in [-0.2, 0) is 0 Å². The third-order valence-corrected chi connectivity index (χ3v) is 4.91. The summed E-state index contributed by atoms with van der Waals surface area (Å²) in [4.78, 5) is 12.5. The molecule has 0 saturated heterocycles. The summed E-state index contributed by atoms with van der Waals surface area (Å²) < 4.78 is 7.21. The van der Waals surface area contributed by atoms with E-state index in [1.807, 2.05) is 73.1 Å². The number of carbonyl (C=O) groups is 1. The summed E-state index contributed by atoms with van der Waals surface area (Å²) in [5.74, 6) is 0.288. The van der Waals surface area contributed by atoms with Crippen molar-refractivity contribution in [2.75, 3.05) is 7.11 Å². The van der Waals surface area contributed by atoms with Crippen LogP contribution in [-0.4, -0.2) is 39.2 Å². The maximum atomic E-state index is 12.5. The van der Waals surface area contributed by atoms with Crippen molar-refractivity contribution in [3.05, 3.63) is 83.3 Å². The van der Waals surface area contributed by atoms with Crippen molar-refractivity contribution in [3.63, 3.8) is 0 Å². The third-order valence-electron chi connectivity index (χ3n) is 4.91. The SMILES string of the molecule is COc1ccccc1-c1cc(C(=O)NN=Cc2c(C)nn(-c3ccccc3)c2C)[nH]n1. The summed E-state index contributed by atoms with van der Waals surface area (Å²) in [5.41, 5.74) is 7.81. The van der Waals surface area contributed by atoms with Gasteiger partial charge in [0, 0.05) is 11.1 Å². The largest absolute Gasteiger partial charge is 0.496 e. The van der Waals surface area contributed by atoms with Crippen molar-refractivity contribution in [2.24, 2.45) is 5.10 Å². The summed E-state index contributed by atoms with van der Waals surface area (Å²) in [7, 11) is 1.59. The number of hydrazone groups is 1. The van der Waals surface area contributed by atoms with Crippen molar-refractivity contribution in [3.8, 4) is 22.7 Å². The molecular weight excluding hydrogens is 392 g/mol. The average Bonchev–Trinajstić information content (AvgIpc) is 3.40. The molecule has 0 fully saturated rings. The lowest BCUT2D eigenvalue weighted by atomic mass is 10.1. The van der Waals surface area contributed by atoms with Gasteiger partial charge in [0.1, 0.15) is 11.4 Å². The van der Waals surface area contributed by atoms with Crippen LogP contribution in [0, 0.1) is 13.8 Å². The van der Waals surface area contributed by atoms with E-state index in [4.69, 9.17) is 4.74 Å². The van der Waals surface area contributed by atoms with E-state index in [9.17, 15) is 4.79 Å². The summed E-state index contributed by atoms with van der Waals surface area (Å²) in [6, 6.07) is 19.0. The summed E-state index contributed by atoms with van der Waals surface area (Å²) in [6.45, 7) is 3.87. The molecule has 0 unspecified atom stereocenters. The first-order valence-electron chi connectivity index (χ1n) is 9.72. The quantitative estimate of drug-likeness (QED) is 0.372. The van der Waals surface area contributed by atoms with Crippen LogP contribution in [0.25, 0.3) is 16.9 Å². The zero-order valence-corrected chi connectivity index (χ0v) is 17.5. The van der Waals surface area contributed by atoms with Crippen molar-refractivity contribution >= 4 is 12.1 Å². The standard InChI is InChI=1S/C23H22N6O2/c1-15-19(16(2)29(28-15)17-9-5-4-6-10-17)14-24-27-23(30)21-13-20(25-26-21)18-11-7-8-12-22(18)31-3/h4-14H,1-3H3,(H,25,26)(H,27,30). The van der Waals surface area contributed by atoms with Gasteiger partial charge in [0.2, 0.25) is 0 Å². The molecule has 31 heavy (non-hydrogen) atoms. The van der Waals surface area contributed by atoms with Gasteiger partial charge in [0.25, 0.3) is 5.91 Å². The minimum Gasteiger partial charge on any atom is -0.496 e. The number of carbonyl (C=O) groups excluding carboxylic acids is 1. The normalized spacial score (nSPS) is 11.1. The van der Waals surface area contributed by atoms with Crippen LogP contribution in [0.2, 0.25) is 0 Å². The summed E-state index contributed by atoms with van der Waals surface area (Å²) in [6.07, 6.45) is 1.60. The van der Waals surface area contributed by atoms with E-state index < -0.39 is 5.91 Å². The van der Waals surface area contributed by atoms with E-state index in [0.29, 0.717) is 17.1 Å². The Labute approximate surface area is 179 Å². The van der Waals surface area contributed by atoms with Crippen LogP contribution in [0.5, 0.6) is 5.75 Å². The zero-order chi connectivity index (χ0) is 21.8. The zero-order valence-electron chi connectivity index (χ0n) is 17.5. The fraction of sp³-hybridized carbons (Fsp3) is 0.130. The molecule has 156 valence electrons. The second-order valence-electron chi connectivity index (χ2n) is 6.90. The van der Waals surface area contributed by atoms with Crippen molar-refractivity contribution in [2.45, 2.75) is 13.8 Å². The number of nitrogens with zero attached hydrogens (tertiary/aromatic N) is 4. The number of rotatable bonds is 6. The number of ether oxygens (including phenoxy) is 1. The van der Waals surface area contributed by atoms with Crippen LogP contribution in [0.1, 0.15) is 27.4 Å². The monoisotopic (exact) mass is 414 g/mol. The predicted octanol–water partition coefficient (Wildman–Crippen LogP) is 3.65. The Morgan fingerprint density at radius 3 is 2.65 bits per heavy atom. The van der Waals surface area contributed by atoms with Gasteiger partial charge in [0.05, 0.1) is 36.1 Å². The van der Waals surface area contributed by atoms with Gasteiger partial charge in [-0.2, -0.15) is 15.3 Å². The van der Waals surface area contributed by atoms with Crippen molar-refractivity contribution in [1.29, 1.82) is 0 Å². The Kier molecular flexibility index (Phi) is 5.61. The number of hydrogen-bond donors (Lipinski definition) is 2. The number of benzene rings is 2. The molecule has 2 aromatic heterocycles. The lowest BCUT2D eigenvalue weighted by Gasteiger charge is -2.04. The van der Waals surface area contributed by atoms with Crippen LogP contribution < -0.4 is 10.2 Å². The van der Waals surface area contributed by atoms with Crippen molar-refractivity contribution in [1.82, 2.24) is 25.4 Å². The molecule has 0 aliphatic rings. The number of aryl methyl sites for hydroxylation is 1. The Bertz CT molecular complexity index is 1240. The van der Waals surface area contributed by atoms with E-state index in [2.05, 4.69) is 25.8 Å². The van der Waals surface area contributed by atoms with E-state index in [0.717, 1.165) is 28.2 Å². The fourth-order valence-electron chi connectivity index (χ4n) is 3.31. The molecule has 0 spiro atoms. The van der Waals surface area contributed by atoms with Gasteiger partial charge in [-0.3, -0.25) is 9.89 Å². The maximum Gasteiger partial charge on any atom is 0.289 e. The first-order valence-corrected chi connectivity index (χ1v) is 9.72. The molecule has 4 aromatic rings. The Morgan fingerprint density at radius 1 is 1.13 bits per heavy atom. The molecule has 4 rings (SSSR count). The molecule has 0 bridgehead atoms. The fourth-order valence-corrected chi connectivity index (χ4v) is 3.31. The van der Waals surface area contributed by atoms with Crippen LogP contribution in [0.15, 0.2) is 65.8 Å². The first-order chi connectivity index (χ1) is 15.1. The number of amides is 1. The highest BCUT2D eigenvalue weighted by Crippen LogP contribution is 2.28. The smallest absolute Gasteiger partial charge is 0.289 e. The molecule has 0 aliphatic carbocycles. The van der Waals surface area contributed by atoms with Gasteiger partial charge in [0.15, 0.2) is 0 Å². The highest BCUT2D eigenvalue weighted by atomic mass is 16.5. The molecular formula is C23H22N6O2. The second-order valence-corrected chi connectivity index (χ2v) is 6.90. The van der Waals surface area contributed by atoms with Gasteiger partial charge >= 0.3 is 0 Å². The van der Waals surface area contributed by atoms with E-state index in [1.165, 1.54) is 0 Å². The van der Waals surface area contributed by atoms with Gasteiger partial charge in [-0.1, -0.05) is 30.3 Å². The Hall–Kier alpha value is -4.20. The number of hydrogen-bond acceptors (Lipinski definition) is 5. The van der Waals surface area contributed by atoms with Crippen LogP contribution in [0.4, 0.5) is 0 Å². The molecule has 8 nitrogen and oxygen atoms in total. The average molecular weight is 414 g/mol. The highest BCUT2D eigenvalue weighted by Gasteiger charge is 2.14. The molecule has 0 radical (unpaired) electrons. The highest BCUT2D eigenvalue weighted by molar-refractivity contribution is 5.94. The summed E-state index contributed by atoms with van der Waals surface area (Å²) >= 11 is 0. The molecule has 0 saturated carbocycles. The van der Waals surface area contributed by atoms with E-state index >= 15 is 0 Å². The first kappa shape index (κ1) is 20.1. The number of H-pyrrole nitrogens is 1. The Balaban J connectivity index is 1.49. The minimum absolute atomic E-state index is 0.298. The maximum absolute atomic E-state index is 12.5. The predicted molar refractivity (Wildman–Crippen MR) is 119 cm³/mol. The van der Waals surface area contributed by atoms with Crippen molar-refractivity contribution < 1.29 is 9.53 Å². The number of aromatic amines is 1. The number of methoxy groups -OCH3 is 1. The van der Waals surface area contributed by atoms with Crippen LogP contribution in [0.3, 0.4) is 0 Å². The molecule has 0 aliphatic heterocycles. The topological polar surface area (TPSA) is 97.2 Å². The number of aromatic nitrogens is 4. The molecule has 1 amide bonds. The summed E-state index contributed by atoms with van der Waals surface area (Å²) in [5, 5.41) is 15.6. The third kappa shape index (κ3) is 4.09. The minimum atomic E-state index is -0.393. The molecule has 2 aromatic carbocycles. The van der Waals surface area contributed by atoms with Crippen LogP contribution >= 0.6 is 0 Å². The van der Waals surface area contributed by atoms with Gasteiger partial charge in [-0.05, 0) is 44.2 Å². The van der Waals surface area contributed by atoms with Gasteiger partial charge in [-0.15, -0.1) is 0 Å². The lowest BCUT2D eigenvalue weighted by molar-refractivity contribution is 0.0950. The molecule has 2 heterocycles. The lowest BCUT2D eigenvalue weighted by Crippen LogP contribution is -2.18.